The second kappa shape index (κ2) is 3.94. The lowest BCUT2D eigenvalue weighted by atomic mass is 9.64. The molecule has 0 bridgehead atoms. The molecule has 1 heteroatoms. The number of ketones is 1. The van der Waals surface area contributed by atoms with E-state index in [0.29, 0.717) is 5.78 Å². The first-order valence-corrected chi connectivity index (χ1v) is 7.41. The number of carbonyl (C=O) groups excluding carboxylic acids is 1. The molecule has 0 aromatic rings. The quantitative estimate of drug-likeness (QED) is 0.572. The molecular formula is C18H24O. The predicted molar refractivity (Wildman–Crippen MR) is 78.8 cm³/mol. The average molecular weight is 256 g/mol. The third kappa shape index (κ3) is 1.63. The number of Topliss-reactive ketones (excluding diaryl/α,β-unsaturated/α-hetero) is 1. The van der Waals surface area contributed by atoms with Gasteiger partial charge in [-0.25, -0.2) is 0 Å². The van der Waals surface area contributed by atoms with Crippen LogP contribution >= 0.6 is 0 Å². The van der Waals surface area contributed by atoms with Crippen LogP contribution < -0.4 is 0 Å². The highest BCUT2D eigenvalue weighted by molar-refractivity contribution is 6.03. The van der Waals surface area contributed by atoms with Gasteiger partial charge in [0.15, 0.2) is 5.78 Å². The molecule has 0 aliphatic heterocycles. The third-order valence-electron chi connectivity index (χ3n) is 5.92. The predicted octanol–water partition coefficient (Wildman–Crippen LogP) is 4.75. The van der Waals surface area contributed by atoms with Crippen LogP contribution in [0.2, 0.25) is 0 Å². The van der Waals surface area contributed by atoms with Gasteiger partial charge in [-0.3, -0.25) is 4.79 Å². The van der Waals surface area contributed by atoms with Crippen molar-refractivity contribution >= 4 is 5.78 Å². The Kier molecular flexibility index (Phi) is 2.68. The van der Waals surface area contributed by atoms with Crippen LogP contribution in [0.1, 0.15) is 60.3 Å². The molecule has 0 amide bonds. The summed E-state index contributed by atoms with van der Waals surface area (Å²) in [6.45, 7) is 11.2. The lowest BCUT2D eigenvalue weighted by Gasteiger charge is -2.39. The van der Waals surface area contributed by atoms with Crippen LogP contribution in [-0.2, 0) is 4.79 Å². The Morgan fingerprint density at radius 2 is 1.58 bits per heavy atom. The number of rotatable bonds is 0. The molecule has 3 rings (SSSR count). The molecule has 3 aliphatic rings. The van der Waals surface area contributed by atoms with Gasteiger partial charge in [0, 0.05) is 11.3 Å². The maximum absolute atomic E-state index is 12.8. The molecule has 0 heterocycles. The fraction of sp³-hybridized carbons (Fsp3) is 0.611. The summed E-state index contributed by atoms with van der Waals surface area (Å²) < 4.78 is 0. The molecule has 0 fully saturated rings. The highest BCUT2D eigenvalue weighted by Crippen LogP contribution is 2.58. The summed E-state index contributed by atoms with van der Waals surface area (Å²) in [5, 5.41) is 0. The van der Waals surface area contributed by atoms with Gasteiger partial charge in [0.05, 0.1) is 0 Å². The van der Waals surface area contributed by atoms with Crippen LogP contribution in [-0.4, -0.2) is 5.78 Å². The molecule has 3 aliphatic carbocycles. The van der Waals surface area contributed by atoms with E-state index in [1.165, 1.54) is 27.9 Å². The molecular weight excluding hydrogens is 232 g/mol. The summed E-state index contributed by atoms with van der Waals surface area (Å²) in [5.41, 5.74) is 8.59. The van der Waals surface area contributed by atoms with Gasteiger partial charge in [-0.1, -0.05) is 34.8 Å². The lowest BCUT2D eigenvalue weighted by Crippen LogP contribution is -2.33. The van der Waals surface area contributed by atoms with E-state index < -0.39 is 0 Å². The molecule has 0 aromatic heterocycles. The Bertz CT molecular complexity index is 570. The van der Waals surface area contributed by atoms with Gasteiger partial charge in [-0.2, -0.15) is 0 Å². The van der Waals surface area contributed by atoms with Gasteiger partial charge >= 0.3 is 0 Å². The van der Waals surface area contributed by atoms with Crippen LogP contribution in [0.4, 0.5) is 0 Å². The van der Waals surface area contributed by atoms with Crippen molar-refractivity contribution in [3.63, 3.8) is 0 Å². The zero-order chi connectivity index (χ0) is 13.9. The number of hydrogen-bond donors (Lipinski definition) is 0. The van der Waals surface area contributed by atoms with E-state index in [1.54, 1.807) is 0 Å². The van der Waals surface area contributed by atoms with Crippen LogP contribution in [0.3, 0.4) is 0 Å². The molecule has 2 atom stereocenters. The van der Waals surface area contributed by atoms with Gasteiger partial charge < -0.3 is 0 Å². The highest BCUT2D eigenvalue weighted by Gasteiger charge is 2.52. The minimum absolute atomic E-state index is 0.109. The van der Waals surface area contributed by atoms with Crippen molar-refractivity contribution in [3.8, 4) is 0 Å². The van der Waals surface area contributed by atoms with Crippen molar-refractivity contribution in [1.82, 2.24) is 0 Å². The van der Waals surface area contributed by atoms with Gasteiger partial charge in [0.1, 0.15) is 0 Å². The molecule has 0 radical (unpaired) electrons. The Morgan fingerprint density at radius 3 is 2.26 bits per heavy atom. The summed E-state index contributed by atoms with van der Waals surface area (Å²) in [6.07, 6.45) is 4.00. The summed E-state index contributed by atoms with van der Waals surface area (Å²) in [4.78, 5) is 12.8. The largest absolute Gasteiger partial charge is 0.294 e. The maximum atomic E-state index is 12.8. The SMILES string of the molecule is CC1=C(C)CC2=C(C1)C(=O)[C@@H]1CC(C)=C(C)C[C@]21C. The Labute approximate surface area is 116 Å². The Hall–Kier alpha value is -1.11. The van der Waals surface area contributed by atoms with Crippen LogP contribution in [0.15, 0.2) is 33.4 Å². The maximum Gasteiger partial charge on any atom is 0.163 e. The molecule has 0 aromatic carbocycles. The van der Waals surface area contributed by atoms with E-state index in [1.807, 2.05) is 0 Å². The molecule has 0 spiro atoms. The van der Waals surface area contributed by atoms with Crippen molar-refractivity contribution in [1.29, 1.82) is 0 Å². The van der Waals surface area contributed by atoms with Gasteiger partial charge in [-0.15, -0.1) is 0 Å². The fourth-order valence-corrected chi connectivity index (χ4v) is 4.27. The number of carbonyl (C=O) groups is 1. The molecule has 102 valence electrons. The summed E-state index contributed by atoms with van der Waals surface area (Å²) in [5.74, 6) is 0.677. The first kappa shape index (κ1) is 12.9. The van der Waals surface area contributed by atoms with Crippen LogP contribution in [0, 0.1) is 11.3 Å². The standard InChI is InChI=1S/C18H24O/c1-10-6-14-15(7-11(10)2)18(5)9-13(4)12(3)8-16(18)17(14)19/h16H,6-9H2,1-5H3/t16-,18+/m0/s1. The van der Waals surface area contributed by atoms with E-state index >= 15 is 0 Å². The van der Waals surface area contributed by atoms with Crippen molar-refractivity contribution in [2.45, 2.75) is 60.3 Å². The fourth-order valence-electron chi connectivity index (χ4n) is 4.27. The normalized spacial score (nSPS) is 35.0. The lowest BCUT2D eigenvalue weighted by molar-refractivity contribution is -0.120. The third-order valence-corrected chi connectivity index (χ3v) is 5.92. The van der Waals surface area contributed by atoms with Crippen LogP contribution in [0.25, 0.3) is 0 Å². The van der Waals surface area contributed by atoms with Crippen LogP contribution in [0.5, 0.6) is 0 Å². The minimum Gasteiger partial charge on any atom is -0.294 e. The summed E-state index contributed by atoms with van der Waals surface area (Å²) in [7, 11) is 0. The molecule has 0 saturated carbocycles. The zero-order valence-electron chi connectivity index (χ0n) is 12.8. The van der Waals surface area contributed by atoms with Crippen molar-refractivity contribution in [3.05, 3.63) is 33.4 Å². The first-order chi connectivity index (χ1) is 8.84. The smallest absolute Gasteiger partial charge is 0.163 e. The molecule has 0 unspecified atom stereocenters. The van der Waals surface area contributed by atoms with E-state index in [9.17, 15) is 4.79 Å². The summed E-state index contributed by atoms with van der Waals surface area (Å²) >= 11 is 0. The topological polar surface area (TPSA) is 17.1 Å². The molecule has 0 N–H and O–H groups in total. The van der Waals surface area contributed by atoms with E-state index in [-0.39, 0.29) is 11.3 Å². The Balaban J connectivity index is 2.07. The second-order valence-electron chi connectivity index (χ2n) is 7.15. The van der Waals surface area contributed by atoms with E-state index in [0.717, 1.165) is 31.3 Å². The highest BCUT2D eigenvalue weighted by atomic mass is 16.1. The zero-order valence-corrected chi connectivity index (χ0v) is 12.8. The van der Waals surface area contributed by atoms with Crippen molar-refractivity contribution in [2.24, 2.45) is 11.3 Å². The van der Waals surface area contributed by atoms with Gasteiger partial charge in [-0.05, 0) is 59.0 Å². The minimum atomic E-state index is 0.109. The average Bonchev–Trinajstić information content (AvgIpc) is 2.53. The van der Waals surface area contributed by atoms with Crippen molar-refractivity contribution in [2.75, 3.05) is 0 Å². The molecule has 1 nitrogen and oxygen atoms in total. The van der Waals surface area contributed by atoms with Crippen molar-refractivity contribution < 1.29 is 4.79 Å². The number of allylic oxidation sites excluding steroid dienone is 6. The first-order valence-electron chi connectivity index (χ1n) is 7.41. The monoisotopic (exact) mass is 256 g/mol. The van der Waals surface area contributed by atoms with E-state index in [2.05, 4.69) is 34.6 Å². The van der Waals surface area contributed by atoms with Gasteiger partial charge in [0.25, 0.3) is 0 Å². The van der Waals surface area contributed by atoms with E-state index in [4.69, 9.17) is 0 Å². The molecule has 19 heavy (non-hydrogen) atoms. The number of fused-ring (bicyclic) bond motifs is 2. The summed E-state index contributed by atoms with van der Waals surface area (Å²) in [6, 6.07) is 0. The molecule has 0 saturated heterocycles. The number of hydrogen-bond acceptors (Lipinski definition) is 1. The Morgan fingerprint density at radius 1 is 0.947 bits per heavy atom. The second-order valence-corrected chi connectivity index (χ2v) is 7.15. The van der Waals surface area contributed by atoms with Gasteiger partial charge in [0.2, 0.25) is 0 Å².